The molecule has 0 radical (unpaired) electrons. The molecular weight excluding hydrogens is 484 g/mol. The van der Waals surface area contributed by atoms with E-state index in [-0.39, 0.29) is 0 Å². The number of rotatable bonds is 8. The summed E-state index contributed by atoms with van der Waals surface area (Å²) in [6.07, 6.45) is -8.20. The fourth-order valence-corrected chi connectivity index (χ4v) is 1.40. The predicted octanol–water partition coefficient (Wildman–Crippen LogP) is 4.71. The molecular formula is C11H4F16O3. The lowest BCUT2D eigenvalue weighted by atomic mass is 9.90. The van der Waals surface area contributed by atoms with Crippen LogP contribution in [0.15, 0.2) is 12.7 Å². The molecule has 0 fully saturated rings. The molecule has 0 aliphatic carbocycles. The van der Waals surface area contributed by atoms with Crippen molar-refractivity contribution in [2.45, 2.75) is 47.8 Å². The van der Waals surface area contributed by atoms with Crippen LogP contribution in [-0.2, 0) is 9.53 Å². The van der Waals surface area contributed by atoms with Crippen molar-refractivity contribution in [2.75, 3.05) is 0 Å². The third kappa shape index (κ3) is 3.53. The lowest BCUT2D eigenvalue weighted by molar-refractivity contribution is -0.482. The van der Waals surface area contributed by atoms with Gasteiger partial charge >= 0.3 is 53.7 Å². The summed E-state index contributed by atoms with van der Waals surface area (Å²) in [5.74, 6) is -52.9. The number of hydrogen-bond donors (Lipinski definition) is 1. The van der Waals surface area contributed by atoms with Gasteiger partial charge in [-0.1, -0.05) is 6.58 Å². The molecule has 0 aromatic heterocycles. The summed E-state index contributed by atoms with van der Waals surface area (Å²) < 4.78 is 208. The molecule has 19 heteroatoms. The summed E-state index contributed by atoms with van der Waals surface area (Å²) in [6.45, 7) is 2.32. The van der Waals surface area contributed by atoms with Crippen LogP contribution in [-0.4, -0.2) is 58.8 Å². The number of aliphatic hydroxyl groups is 1. The zero-order chi connectivity index (χ0) is 25.0. The van der Waals surface area contributed by atoms with Crippen LogP contribution in [0, 0.1) is 0 Å². The van der Waals surface area contributed by atoms with Crippen molar-refractivity contribution in [1.82, 2.24) is 0 Å². The van der Waals surface area contributed by atoms with Crippen LogP contribution in [0.3, 0.4) is 0 Å². The SMILES string of the molecule is C=CC(=O)OC(O)(F)C(F)(F)C(F)(F)C(F)(F)C(F)(F)C(F)(F)C(F)(F)C(F)(F)F. The number of halogens is 16. The average Bonchev–Trinajstić information content (AvgIpc) is 2.51. The highest BCUT2D eigenvalue weighted by Gasteiger charge is 2.95. The molecule has 0 aliphatic heterocycles. The fraction of sp³-hybridized carbons (Fsp3) is 0.727. The lowest BCUT2D eigenvalue weighted by Crippen LogP contribution is -2.75. The van der Waals surface area contributed by atoms with Crippen molar-refractivity contribution in [3.05, 3.63) is 12.7 Å². The fourth-order valence-electron chi connectivity index (χ4n) is 1.40. The van der Waals surface area contributed by atoms with Gasteiger partial charge < -0.3 is 9.84 Å². The van der Waals surface area contributed by atoms with Crippen molar-refractivity contribution in [1.29, 1.82) is 0 Å². The Morgan fingerprint density at radius 3 is 1.13 bits per heavy atom. The Labute approximate surface area is 152 Å². The summed E-state index contributed by atoms with van der Waals surface area (Å²) >= 11 is 0. The van der Waals surface area contributed by atoms with Crippen molar-refractivity contribution in [3.63, 3.8) is 0 Å². The Balaban J connectivity index is 6.69. The van der Waals surface area contributed by atoms with Gasteiger partial charge in [0.15, 0.2) is 0 Å². The van der Waals surface area contributed by atoms with Crippen molar-refractivity contribution >= 4 is 5.97 Å². The highest BCUT2D eigenvalue weighted by molar-refractivity contribution is 5.81. The zero-order valence-electron chi connectivity index (χ0n) is 13.1. The molecule has 1 unspecified atom stereocenters. The molecule has 0 amide bonds. The Morgan fingerprint density at radius 2 is 0.867 bits per heavy atom. The lowest BCUT2D eigenvalue weighted by Gasteiger charge is -2.42. The highest BCUT2D eigenvalue weighted by atomic mass is 19.4. The topological polar surface area (TPSA) is 46.5 Å². The van der Waals surface area contributed by atoms with Crippen LogP contribution < -0.4 is 0 Å². The molecule has 0 aliphatic rings. The zero-order valence-corrected chi connectivity index (χ0v) is 13.1. The molecule has 0 bridgehead atoms. The third-order valence-electron chi connectivity index (χ3n) is 3.12. The van der Waals surface area contributed by atoms with Gasteiger partial charge in [0.2, 0.25) is 0 Å². The van der Waals surface area contributed by atoms with E-state index in [9.17, 15) is 75.0 Å². The second-order valence-corrected chi connectivity index (χ2v) is 5.13. The first kappa shape index (κ1) is 28.0. The van der Waals surface area contributed by atoms with Crippen LogP contribution in [0.25, 0.3) is 0 Å². The molecule has 0 aromatic rings. The Kier molecular flexibility index (Phi) is 6.59. The number of esters is 1. The number of hydrogen-bond acceptors (Lipinski definition) is 3. The van der Waals surface area contributed by atoms with E-state index in [1.807, 2.05) is 0 Å². The van der Waals surface area contributed by atoms with E-state index in [4.69, 9.17) is 5.11 Å². The number of alkyl halides is 16. The molecule has 178 valence electrons. The Hall–Kier alpha value is -1.95. The van der Waals surface area contributed by atoms with Crippen LogP contribution in [0.4, 0.5) is 70.2 Å². The van der Waals surface area contributed by atoms with E-state index in [0.717, 1.165) is 0 Å². The second-order valence-electron chi connectivity index (χ2n) is 5.13. The first-order chi connectivity index (χ1) is 12.7. The first-order valence-corrected chi connectivity index (χ1v) is 6.31. The molecule has 1 atom stereocenters. The van der Waals surface area contributed by atoms with E-state index in [1.54, 1.807) is 0 Å². The van der Waals surface area contributed by atoms with E-state index < -0.39 is 59.8 Å². The molecule has 0 rings (SSSR count). The normalized spacial score (nSPS) is 17.4. The standard InChI is InChI=1S/C11H4F16O3/c1-2-3(28)30-11(27,29)9(22,23)7(18,19)5(14,15)4(12,13)6(16,17)8(20,21)10(24,25)26/h2,29H,1H2. The quantitative estimate of drug-likeness (QED) is 0.233. The van der Waals surface area contributed by atoms with Gasteiger partial charge in [-0.15, -0.1) is 0 Å². The molecule has 1 N–H and O–H groups in total. The molecule has 0 aromatic carbocycles. The van der Waals surface area contributed by atoms with E-state index in [0.29, 0.717) is 0 Å². The van der Waals surface area contributed by atoms with Gasteiger partial charge in [0, 0.05) is 6.08 Å². The number of carbonyl (C=O) groups excluding carboxylic acids is 1. The van der Waals surface area contributed by atoms with E-state index in [2.05, 4.69) is 11.3 Å². The van der Waals surface area contributed by atoms with Crippen LogP contribution >= 0.6 is 0 Å². The molecule has 0 saturated carbocycles. The predicted molar refractivity (Wildman–Crippen MR) is 58.1 cm³/mol. The second kappa shape index (κ2) is 7.04. The summed E-state index contributed by atoms with van der Waals surface area (Å²) in [4.78, 5) is 10.5. The maximum absolute atomic E-state index is 13.3. The maximum atomic E-state index is 13.3. The summed E-state index contributed by atoms with van der Waals surface area (Å²) in [7, 11) is 0. The highest BCUT2D eigenvalue weighted by Crippen LogP contribution is 2.63. The van der Waals surface area contributed by atoms with Gasteiger partial charge in [-0.2, -0.15) is 70.2 Å². The molecule has 30 heavy (non-hydrogen) atoms. The molecule has 0 spiro atoms. The Morgan fingerprint density at radius 1 is 0.600 bits per heavy atom. The molecule has 0 heterocycles. The van der Waals surface area contributed by atoms with Crippen molar-refractivity contribution < 1.29 is 84.9 Å². The van der Waals surface area contributed by atoms with Gasteiger partial charge in [-0.05, 0) is 0 Å². The molecule has 3 nitrogen and oxygen atoms in total. The summed E-state index contributed by atoms with van der Waals surface area (Å²) in [6, 6.07) is -6.71. The molecule has 0 saturated heterocycles. The smallest absolute Gasteiger partial charge is 0.396 e. The monoisotopic (exact) mass is 488 g/mol. The minimum absolute atomic E-state index is 0.399. The van der Waals surface area contributed by atoms with Gasteiger partial charge in [-0.25, -0.2) is 4.79 Å². The van der Waals surface area contributed by atoms with Gasteiger partial charge in [-0.3, -0.25) is 0 Å². The van der Waals surface area contributed by atoms with E-state index >= 15 is 0 Å². The van der Waals surface area contributed by atoms with Crippen LogP contribution in [0.5, 0.6) is 0 Å². The van der Waals surface area contributed by atoms with Gasteiger partial charge in [0.05, 0.1) is 0 Å². The number of ether oxygens (including phenoxy) is 1. The third-order valence-corrected chi connectivity index (χ3v) is 3.12. The summed E-state index contributed by atoms with van der Waals surface area (Å²) in [5, 5.41) is 8.32. The van der Waals surface area contributed by atoms with Gasteiger partial charge in [0.1, 0.15) is 0 Å². The minimum atomic E-state index is -8.68. The van der Waals surface area contributed by atoms with E-state index in [1.165, 1.54) is 0 Å². The van der Waals surface area contributed by atoms with Crippen LogP contribution in [0.2, 0.25) is 0 Å². The van der Waals surface area contributed by atoms with Crippen LogP contribution in [0.1, 0.15) is 0 Å². The minimum Gasteiger partial charge on any atom is -0.396 e. The van der Waals surface area contributed by atoms with Crippen molar-refractivity contribution in [2.24, 2.45) is 0 Å². The summed E-state index contributed by atoms with van der Waals surface area (Å²) in [5.41, 5.74) is 0. The Bertz CT molecular complexity index is 676. The van der Waals surface area contributed by atoms with Crippen molar-refractivity contribution in [3.8, 4) is 0 Å². The first-order valence-electron chi connectivity index (χ1n) is 6.31. The average molecular weight is 488 g/mol. The largest absolute Gasteiger partial charge is 0.460 e. The van der Waals surface area contributed by atoms with Gasteiger partial charge in [0.25, 0.3) is 0 Å². The number of carbonyl (C=O) groups is 1. The maximum Gasteiger partial charge on any atom is 0.460 e.